The number of aryl methyl sites for hydroxylation is 2. The van der Waals surface area contributed by atoms with Gasteiger partial charge in [0, 0.05) is 5.69 Å². The van der Waals surface area contributed by atoms with Gasteiger partial charge in [0.25, 0.3) is 0 Å². The molecule has 1 atom stereocenters. The fraction of sp³-hybridized carbons (Fsp3) is 0.167. The number of nitrogens with one attached hydrogen (secondary N) is 2. The normalized spacial score (nSPS) is 11.9. The van der Waals surface area contributed by atoms with Crippen LogP contribution in [0, 0.1) is 13.8 Å². The lowest BCUT2D eigenvalue weighted by molar-refractivity contribution is -0.115. The van der Waals surface area contributed by atoms with E-state index in [-0.39, 0.29) is 11.9 Å². The standard InChI is InChI=1S/C18H19N5OS/c1-11-8-12(2)10-14(9-11)20-16(24)15(13-6-4-3-5-7-13)25-18-21-17(19)22-23-18/h3-10,15H,1-2H3,(H,20,24)(H3,19,21,22,23)/t15-/m0/s1. The number of rotatable bonds is 5. The maximum atomic E-state index is 12.9. The molecule has 2 aromatic carbocycles. The summed E-state index contributed by atoms with van der Waals surface area (Å²) in [4.78, 5) is 17.0. The Morgan fingerprint density at radius 3 is 2.44 bits per heavy atom. The molecule has 128 valence electrons. The van der Waals surface area contributed by atoms with E-state index in [0.717, 1.165) is 22.4 Å². The van der Waals surface area contributed by atoms with Crippen LogP contribution in [0.5, 0.6) is 0 Å². The molecule has 3 rings (SSSR count). The maximum absolute atomic E-state index is 12.9. The molecule has 0 fully saturated rings. The highest BCUT2D eigenvalue weighted by Gasteiger charge is 2.24. The number of aromatic amines is 1. The summed E-state index contributed by atoms with van der Waals surface area (Å²) in [6.45, 7) is 4.00. The smallest absolute Gasteiger partial charge is 0.242 e. The van der Waals surface area contributed by atoms with E-state index in [2.05, 4.69) is 26.6 Å². The highest BCUT2D eigenvalue weighted by molar-refractivity contribution is 8.00. The third-order valence-corrected chi connectivity index (χ3v) is 4.65. The van der Waals surface area contributed by atoms with Crippen LogP contribution < -0.4 is 11.1 Å². The predicted octanol–water partition coefficient (Wildman–Crippen LogP) is 3.48. The second-order valence-corrected chi connectivity index (χ2v) is 6.85. The molecule has 0 radical (unpaired) electrons. The third-order valence-electron chi connectivity index (χ3n) is 3.54. The van der Waals surface area contributed by atoms with Crippen molar-refractivity contribution in [1.82, 2.24) is 15.2 Å². The minimum absolute atomic E-state index is 0.135. The molecule has 3 aromatic rings. The van der Waals surface area contributed by atoms with Crippen LogP contribution in [-0.4, -0.2) is 21.1 Å². The number of nitrogens with two attached hydrogens (primary N) is 1. The number of nitrogens with zero attached hydrogens (tertiary/aromatic N) is 2. The molecule has 1 heterocycles. The molecule has 4 N–H and O–H groups in total. The molecule has 0 saturated carbocycles. The Balaban J connectivity index is 1.86. The lowest BCUT2D eigenvalue weighted by Crippen LogP contribution is -2.19. The van der Waals surface area contributed by atoms with Gasteiger partial charge < -0.3 is 11.1 Å². The molecule has 0 unspecified atom stereocenters. The fourth-order valence-corrected chi connectivity index (χ4v) is 3.49. The number of hydrogen-bond donors (Lipinski definition) is 3. The van der Waals surface area contributed by atoms with E-state index in [1.165, 1.54) is 11.8 Å². The molecular formula is C18H19N5OS. The Labute approximate surface area is 150 Å². The van der Waals surface area contributed by atoms with Crippen LogP contribution in [0.1, 0.15) is 21.9 Å². The summed E-state index contributed by atoms with van der Waals surface area (Å²) >= 11 is 1.25. The number of hydrogen-bond acceptors (Lipinski definition) is 5. The molecule has 0 aliphatic heterocycles. The molecule has 6 nitrogen and oxygen atoms in total. The number of carbonyl (C=O) groups excluding carboxylic acids is 1. The average Bonchev–Trinajstić information content (AvgIpc) is 2.97. The van der Waals surface area contributed by atoms with E-state index >= 15 is 0 Å². The monoisotopic (exact) mass is 353 g/mol. The van der Waals surface area contributed by atoms with Gasteiger partial charge in [0.1, 0.15) is 5.25 Å². The van der Waals surface area contributed by atoms with Crippen LogP contribution in [0.25, 0.3) is 0 Å². The number of nitrogen functional groups attached to an aromatic ring is 1. The van der Waals surface area contributed by atoms with Crippen LogP contribution in [0.2, 0.25) is 0 Å². The van der Waals surface area contributed by atoms with E-state index < -0.39 is 5.25 Å². The first-order valence-corrected chi connectivity index (χ1v) is 8.68. The van der Waals surface area contributed by atoms with Gasteiger partial charge in [-0.3, -0.25) is 4.79 Å². The number of anilines is 2. The summed E-state index contributed by atoms with van der Waals surface area (Å²) in [7, 11) is 0. The third kappa shape index (κ3) is 4.39. The molecule has 0 aliphatic rings. The van der Waals surface area contributed by atoms with Crippen LogP contribution in [0.15, 0.2) is 53.7 Å². The number of aromatic nitrogens is 3. The van der Waals surface area contributed by atoms with Crippen LogP contribution in [0.4, 0.5) is 11.6 Å². The number of amides is 1. The van der Waals surface area contributed by atoms with Crippen molar-refractivity contribution < 1.29 is 4.79 Å². The number of thioether (sulfide) groups is 1. The minimum Gasteiger partial charge on any atom is -0.368 e. The Kier molecular flexibility index (Phi) is 5.04. The molecule has 0 aliphatic carbocycles. The van der Waals surface area contributed by atoms with Crippen molar-refractivity contribution in [2.45, 2.75) is 24.3 Å². The number of H-pyrrole nitrogens is 1. The largest absolute Gasteiger partial charge is 0.368 e. The summed E-state index contributed by atoms with van der Waals surface area (Å²) in [5.41, 5.74) is 9.43. The Bertz CT molecular complexity index is 858. The summed E-state index contributed by atoms with van der Waals surface area (Å²) in [6, 6.07) is 15.5. The maximum Gasteiger partial charge on any atom is 0.242 e. The van der Waals surface area contributed by atoms with Crippen LogP contribution in [0.3, 0.4) is 0 Å². The summed E-state index contributed by atoms with van der Waals surface area (Å²) in [5.74, 6) is 0.0913. The first kappa shape index (κ1) is 17.0. The van der Waals surface area contributed by atoms with Crippen molar-refractivity contribution in [2.75, 3.05) is 11.1 Å². The van der Waals surface area contributed by atoms with Gasteiger partial charge >= 0.3 is 0 Å². The van der Waals surface area contributed by atoms with E-state index in [1.54, 1.807) is 0 Å². The minimum atomic E-state index is -0.489. The van der Waals surface area contributed by atoms with Gasteiger partial charge in [-0.1, -0.05) is 48.2 Å². The zero-order chi connectivity index (χ0) is 17.8. The number of carbonyl (C=O) groups is 1. The van der Waals surface area contributed by atoms with Crippen LogP contribution >= 0.6 is 11.8 Å². The molecule has 25 heavy (non-hydrogen) atoms. The molecule has 1 amide bonds. The summed E-state index contributed by atoms with van der Waals surface area (Å²) in [5, 5.41) is 9.55. The van der Waals surface area contributed by atoms with Gasteiger partial charge in [-0.25, -0.2) is 5.10 Å². The van der Waals surface area contributed by atoms with E-state index in [1.807, 2.05) is 56.3 Å². The van der Waals surface area contributed by atoms with Crippen molar-refractivity contribution in [1.29, 1.82) is 0 Å². The summed E-state index contributed by atoms with van der Waals surface area (Å²) < 4.78 is 0. The lowest BCUT2D eigenvalue weighted by atomic mass is 10.1. The Hall–Kier alpha value is -2.80. The van der Waals surface area contributed by atoms with E-state index in [4.69, 9.17) is 5.73 Å². The highest BCUT2D eigenvalue weighted by atomic mass is 32.2. The predicted molar refractivity (Wildman–Crippen MR) is 100 cm³/mol. The van der Waals surface area contributed by atoms with E-state index in [9.17, 15) is 4.79 Å². The van der Waals surface area contributed by atoms with Gasteiger partial charge in [0.05, 0.1) is 0 Å². The molecule has 0 bridgehead atoms. The highest BCUT2D eigenvalue weighted by Crippen LogP contribution is 2.34. The zero-order valence-electron chi connectivity index (χ0n) is 14.0. The average molecular weight is 353 g/mol. The van der Waals surface area contributed by atoms with E-state index in [0.29, 0.717) is 5.16 Å². The molecule has 0 spiro atoms. The molecular weight excluding hydrogens is 334 g/mol. The van der Waals surface area contributed by atoms with Gasteiger partial charge in [0.15, 0.2) is 0 Å². The lowest BCUT2D eigenvalue weighted by Gasteiger charge is -2.16. The first-order chi connectivity index (χ1) is 12.0. The van der Waals surface area contributed by atoms with Gasteiger partial charge in [0.2, 0.25) is 17.0 Å². The molecule has 1 aromatic heterocycles. The second-order valence-electron chi connectivity index (χ2n) is 5.78. The van der Waals surface area contributed by atoms with Gasteiger partial charge in [-0.15, -0.1) is 5.10 Å². The second kappa shape index (κ2) is 7.40. The van der Waals surface area contributed by atoms with Gasteiger partial charge in [-0.2, -0.15) is 4.98 Å². The fourth-order valence-electron chi connectivity index (χ4n) is 2.57. The number of benzene rings is 2. The SMILES string of the molecule is Cc1cc(C)cc(NC(=O)[C@@H](Sc2n[nH]c(N)n2)c2ccccc2)c1. The molecule has 7 heteroatoms. The van der Waals surface area contributed by atoms with Crippen molar-refractivity contribution >= 4 is 29.3 Å². The molecule has 0 saturated heterocycles. The zero-order valence-corrected chi connectivity index (χ0v) is 14.8. The first-order valence-electron chi connectivity index (χ1n) is 7.80. The topological polar surface area (TPSA) is 96.7 Å². The van der Waals surface area contributed by atoms with Crippen molar-refractivity contribution in [2.24, 2.45) is 0 Å². The summed E-state index contributed by atoms with van der Waals surface area (Å²) in [6.07, 6.45) is 0. The Morgan fingerprint density at radius 2 is 1.84 bits per heavy atom. The Morgan fingerprint density at radius 1 is 1.16 bits per heavy atom. The van der Waals surface area contributed by atoms with Crippen LogP contribution in [-0.2, 0) is 4.79 Å². The van der Waals surface area contributed by atoms with Crippen molar-refractivity contribution in [3.63, 3.8) is 0 Å². The van der Waals surface area contributed by atoms with Gasteiger partial charge in [-0.05, 0) is 42.7 Å². The van der Waals surface area contributed by atoms with Crippen molar-refractivity contribution in [3.8, 4) is 0 Å². The quantitative estimate of drug-likeness (QED) is 0.610. The van der Waals surface area contributed by atoms with Crippen molar-refractivity contribution in [3.05, 3.63) is 65.2 Å².